The van der Waals surface area contributed by atoms with Gasteiger partial charge in [-0.05, 0) is 49.9 Å². The van der Waals surface area contributed by atoms with E-state index in [0.29, 0.717) is 30.2 Å². The summed E-state index contributed by atoms with van der Waals surface area (Å²) in [6, 6.07) is 5.25. The van der Waals surface area contributed by atoms with Crippen molar-refractivity contribution in [3.05, 3.63) is 28.8 Å². The van der Waals surface area contributed by atoms with E-state index in [9.17, 15) is 9.59 Å². The Morgan fingerprint density at radius 1 is 0.667 bits per heavy atom. The molecule has 5 heteroatoms. The zero-order valence-corrected chi connectivity index (χ0v) is 23.8. The van der Waals surface area contributed by atoms with Crippen LogP contribution in [0, 0.1) is 6.92 Å². The molecule has 1 aromatic rings. The predicted molar refractivity (Wildman–Crippen MR) is 151 cm³/mol. The molecule has 0 N–H and O–H groups in total. The third-order valence-corrected chi connectivity index (χ3v) is 6.87. The fraction of sp³-hybridized carbons (Fsp3) is 0.742. The first kappa shape index (κ1) is 32.5. The van der Waals surface area contributed by atoms with E-state index >= 15 is 0 Å². The second-order valence-electron chi connectivity index (χ2n) is 10.1. The molecule has 0 radical (unpaired) electrons. The minimum Gasteiger partial charge on any atom is -0.466 e. The molecule has 0 fully saturated rings. The van der Waals surface area contributed by atoms with Gasteiger partial charge in [-0.25, -0.2) is 0 Å². The summed E-state index contributed by atoms with van der Waals surface area (Å²) < 4.78 is 10.8. The molecule has 0 saturated carbocycles. The highest BCUT2D eigenvalue weighted by molar-refractivity contribution is 6.30. The fourth-order valence-electron chi connectivity index (χ4n) is 4.35. The molecule has 0 aliphatic carbocycles. The lowest BCUT2D eigenvalue weighted by Gasteiger charge is -2.07. The van der Waals surface area contributed by atoms with Gasteiger partial charge in [-0.1, -0.05) is 115 Å². The molecule has 0 amide bonds. The van der Waals surface area contributed by atoms with Gasteiger partial charge in [0.25, 0.3) is 0 Å². The van der Waals surface area contributed by atoms with Gasteiger partial charge in [0.05, 0.1) is 6.61 Å². The lowest BCUT2D eigenvalue weighted by atomic mass is 10.1. The predicted octanol–water partition coefficient (Wildman–Crippen LogP) is 9.92. The SMILES string of the molecule is CCCCCCCCCCCCCCOC(=O)CCCCCCCCC(=O)Oc1ccc(Cl)cc1C. The van der Waals surface area contributed by atoms with E-state index in [1.165, 1.54) is 64.2 Å². The maximum atomic E-state index is 12.0. The van der Waals surface area contributed by atoms with E-state index in [4.69, 9.17) is 21.1 Å². The van der Waals surface area contributed by atoms with Gasteiger partial charge < -0.3 is 9.47 Å². The highest BCUT2D eigenvalue weighted by Gasteiger charge is 2.08. The van der Waals surface area contributed by atoms with Crippen LogP contribution in [0.1, 0.15) is 141 Å². The van der Waals surface area contributed by atoms with Crippen LogP contribution in [0.25, 0.3) is 0 Å². The maximum Gasteiger partial charge on any atom is 0.311 e. The summed E-state index contributed by atoms with van der Waals surface area (Å²) in [7, 11) is 0. The van der Waals surface area contributed by atoms with Gasteiger partial charge >= 0.3 is 11.9 Å². The van der Waals surface area contributed by atoms with Crippen LogP contribution in [0.15, 0.2) is 18.2 Å². The van der Waals surface area contributed by atoms with Crippen molar-refractivity contribution in [2.75, 3.05) is 6.61 Å². The second-order valence-corrected chi connectivity index (χ2v) is 10.6. The van der Waals surface area contributed by atoms with Gasteiger partial charge in [0.15, 0.2) is 0 Å². The minimum atomic E-state index is -0.198. The summed E-state index contributed by atoms with van der Waals surface area (Å²) in [5.41, 5.74) is 0.864. The molecule has 0 saturated heterocycles. The van der Waals surface area contributed by atoms with Crippen molar-refractivity contribution in [2.24, 2.45) is 0 Å². The zero-order valence-electron chi connectivity index (χ0n) is 23.1. The van der Waals surface area contributed by atoms with Gasteiger partial charge in [-0.2, -0.15) is 0 Å². The molecule has 0 spiro atoms. The summed E-state index contributed by atoms with van der Waals surface area (Å²) in [5, 5.41) is 0.639. The van der Waals surface area contributed by atoms with Crippen LogP contribution in [0.3, 0.4) is 0 Å². The Kier molecular flexibility index (Phi) is 20.4. The third-order valence-electron chi connectivity index (χ3n) is 6.63. The van der Waals surface area contributed by atoms with Crippen LogP contribution in [0.2, 0.25) is 5.02 Å². The lowest BCUT2D eigenvalue weighted by molar-refractivity contribution is -0.144. The van der Waals surface area contributed by atoms with Gasteiger partial charge in [-0.15, -0.1) is 0 Å². The molecule has 0 heterocycles. The molecule has 0 atom stereocenters. The van der Waals surface area contributed by atoms with Gasteiger partial charge in [0, 0.05) is 17.9 Å². The van der Waals surface area contributed by atoms with Gasteiger partial charge in [0.1, 0.15) is 5.75 Å². The van der Waals surface area contributed by atoms with E-state index in [0.717, 1.165) is 56.9 Å². The van der Waals surface area contributed by atoms with Gasteiger partial charge in [0.2, 0.25) is 0 Å². The largest absolute Gasteiger partial charge is 0.466 e. The number of halogens is 1. The smallest absolute Gasteiger partial charge is 0.311 e. The molecule has 0 aromatic heterocycles. The van der Waals surface area contributed by atoms with Crippen LogP contribution < -0.4 is 4.74 Å². The second kappa shape index (κ2) is 22.6. The molecule has 0 unspecified atom stereocenters. The van der Waals surface area contributed by atoms with E-state index in [1.807, 2.05) is 6.92 Å². The Morgan fingerprint density at radius 3 is 1.67 bits per heavy atom. The summed E-state index contributed by atoms with van der Waals surface area (Å²) in [5.74, 6) is 0.324. The Hall–Kier alpha value is -1.55. The molecule has 1 aromatic carbocycles. The first-order chi connectivity index (χ1) is 17.5. The number of carbonyl (C=O) groups is 2. The summed E-state index contributed by atoms with van der Waals surface area (Å²) in [6.07, 6.45) is 22.6. The van der Waals surface area contributed by atoms with Crippen molar-refractivity contribution in [3.8, 4) is 5.75 Å². The molecule has 36 heavy (non-hydrogen) atoms. The van der Waals surface area contributed by atoms with E-state index in [-0.39, 0.29) is 11.9 Å². The number of benzene rings is 1. The quantitative estimate of drug-likeness (QED) is 0.0814. The van der Waals surface area contributed by atoms with Crippen LogP contribution in [-0.2, 0) is 14.3 Å². The molecule has 0 aliphatic rings. The average Bonchev–Trinajstić information content (AvgIpc) is 2.85. The fourth-order valence-corrected chi connectivity index (χ4v) is 4.57. The molecular formula is C31H51ClO4. The monoisotopic (exact) mass is 522 g/mol. The summed E-state index contributed by atoms with van der Waals surface area (Å²) in [4.78, 5) is 23.9. The van der Waals surface area contributed by atoms with Crippen molar-refractivity contribution in [3.63, 3.8) is 0 Å². The van der Waals surface area contributed by atoms with Crippen molar-refractivity contribution >= 4 is 23.5 Å². The van der Waals surface area contributed by atoms with Crippen LogP contribution >= 0.6 is 11.6 Å². The standard InChI is InChI=1S/C31H51ClO4/c1-3-4-5-6-7-8-9-10-11-14-17-20-25-35-30(33)21-18-15-12-13-16-19-22-31(34)36-29-24-23-28(32)26-27(29)2/h23-24,26H,3-22,25H2,1-2H3. The number of unbranched alkanes of at least 4 members (excludes halogenated alkanes) is 16. The van der Waals surface area contributed by atoms with Gasteiger partial charge in [-0.3, -0.25) is 9.59 Å². The summed E-state index contributed by atoms with van der Waals surface area (Å²) in [6.45, 7) is 4.72. The molecule has 0 bridgehead atoms. The number of carbonyl (C=O) groups excluding carboxylic acids is 2. The average molecular weight is 523 g/mol. The molecule has 0 aliphatic heterocycles. The minimum absolute atomic E-state index is 0.0571. The van der Waals surface area contributed by atoms with Crippen LogP contribution in [0.4, 0.5) is 0 Å². The Balaban J connectivity index is 1.83. The van der Waals surface area contributed by atoms with Crippen LogP contribution in [-0.4, -0.2) is 18.5 Å². The third kappa shape index (κ3) is 18.7. The number of rotatable bonds is 23. The highest BCUT2D eigenvalue weighted by Crippen LogP contribution is 2.22. The van der Waals surface area contributed by atoms with Crippen molar-refractivity contribution in [1.82, 2.24) is 0 Å². The number of hydrogen-bond acceptors (Lipinski definition) is 4. The normalized spacial score (nSPS) is 11.0. The van der Waals surface area contributed by atoms with Crippen LogP contribution in [0.5, 0.6) is 5.75 Å². The number of aryl methyl sites for hydroxylation is 1. The molecule has 206 valence electrons. The Bertz CT molecular complexity index is 704. The van der Waals surface area contributed by atoms with E-state index < -0.39 is 0 Å². The first-order valence-electron chi connectivity index (χ1n) is 14.7. The topological polar surface area (TPSA) is 52.6 Å². The highest BCUT2D eigenvalue weighted by atomic mass is 35.5. The number of esters is 2. The Labute approximate surface area is 225 Å². The molecule has 4 nitrogen and oxygen atoms in total. The van der Waals surface area contributed by atoms with Crippen molar-refractivity contribution in [1.29, 1.82) is 0 Å². The van der Waals surface area contributed by atoms with E-state index in [1.54, 1.807) is 18.2 Å². The lowest BCUT2D eigenvalue weighted by Crippen LogP contribution is -2.08. The molecular weight excluding hydrogens is 472 g/mol. The van der Waals surface area contributed by atoms with Crippen molar-refractivity contribution < 1.29 is 19.1 Å². The molecule has 1 rings (SSSR count). The summed E-state index contributed by atoms with van der Waals surface area (Å²) >= 11 is 5.93. The van der Waals surface area contributed by atoms with Crippen molar-refractivity contribution in [2.45, 2.75) is 142 Å². The first-order valence-corrected chi connectivity index (χ1v) is 15.0. The number of hydrogen-bond donors (Lipinski definition) is 0. The Morgan fingerprint density at radius 2 is 1.14 bits per heavy atom. The number of ether oxygens (including phenoxy) is 2. The zero-order chi connectivity index (χ0) is 26.3. The maximum absolute atomic E-state index is 12.0. The van der Waals surface area contributed by atoms with E-state index in [2.05, 4.69) is 6.92 Å².